The highest BCUT2D eigenvalue weighted by Crippen LogP contribution is 2.21. The highest BCUT2D eigenvalue weighted by molar-refractivity contribution is 6.02. The summed E-state index contributed by atoms with van der Waals surface area (Å²) in [6.45, 7) is 6.46. The summed E-state index contributed by atoms with van der Waals surface area (Å²) in [7, 11) is 0. The maximum atomic E-state index is 11.4. The summed E-state index contributed by atoms with van der Waals surface area (Å²) in [4.78, 5) is 13.8. The van der Waals surface area contributed by atoms with E-state index in [4.69, 9.17) is 4.74 Å². The first-order valence-electron chi connectivity index (χ1n) is 7.34. The van der Waals surface area contributed by atoms with Gasteiger partial charge in [0.15, 0.2) is 0 Å². The molecule has 1 aromatic carbocycles. The lowest BCUT2D eigenvalue weighted by Gasteiger charge is -2.32. The SMILES string of the molecule is CCN1CCOC(Cn2ccc3cccc(C(=O)O)c32)C1. The van der Waals surface area contributed by atoms with Crippen molar-refractivity contribution in [1.29, 1.82) is 0 Å². The van der Waals surface area contributed by atoms with Gasteiger partial charge in [0.1, 0.15) is 0 Å². The lowest BCUT2D eigenvalue weighted by molar-refractivity contribution is -0.0337. The first-order chi connectivity index (χ1) is 10.2. The highest BCUT2D eigenvalue weighted by Gasteiger charge is 2.21. The molecule has 1 atom stereocenters. The minimum Gasteiger partial charge on any atom is -0.478 e. The third-order valence-electron chi connectivity index (χ3n) is 4.09. The molecule has 1 saturated heterocycles. The van der Waals surface area contributed by atoms with E-state index in [2.05, 4.69) is 11.8 Å². The van der Waals surface area contributed by atoms with Crippen LogP contribution in [0, 0.1) is 0 Å². The Kier molecular flexibility index (Phi) is 3.94. The van der Waals surface area contributed by atoms with E-state index in [1.807, 2.05) is 22.9 Å². The van der Waals surface area contributed by atoms with E-state index in [1.54, 1.807) is 12.1 Å². The van der Waals surface area contributed by atoms with Crippen molar-refractivity contribution < 1.29 is 14.6 Å². The van der Waals surface area contributed by atoms with Crippen LogP contribution in [-0.4, -0.2) is 52.9 Å². The Morgan fingerprint density at radius 2 is 2.29 bits per heavy atom. The van der Waals surface area contributed by atoms with Crippen LogP contribution in [0.2, 0.25) is 0 Å². The normalized spacial score (nSPS) is 20.0. The lowest BCUT2D eigenvalue weighted by Crippen LogP contribution is -2.43. The molecule has 3 rings (SSSR count). The van der Waals surface area contributed by atoms with Crippen molar-refractivity contribution in [2.45, 2.75) is 19.6 Å². The molecule has 0 amide bonds. The Labute approximate surface area is 123 Å². The van der Waals surface area contributed by atoms with Crippen molar-refractivity contribution in [2.75, 3.05) is 26.2 Å². The number of rotatable bonds is 4. The van der Waals surface area contributed by atoms with Gasteiger partial charge in [0.25, 0.3) is 0 Å². The maximum Gasteiger partial charge on any atom is 0.337 e. The van der Waals surface area contributed by atoms with Crippen LogP contribution in [0.4, 0.5) is 0 Å². The number of likely N-dealkylation sites (N-methyl/N-ethyl adjacent to an activating group) is 1. The minimum atomic E-state index is -0.889. The van der Waals surface area contributed by atoms with Gasteiger partial charge >= 0.3 is 5.97 Å². The molecule has 0 spiro atoms. The van der Waals surface area contributed by atoms with Crippen LogP contribution in [0.25, 0.3) is 10.9 Å². The zero-order valence-electron chi connectivity index (χ0n) is 12.2. The van der Waals surface area contributed by atoms with Gasteiger partial charge in [-0.2, -0.15) is 0 Å². The van der Waals surface area contributed by atoms with E-state index in [0.717, 1.165) is 37.1 Å². The standard InChI is InChI=1S/C16H20N2O3/c1-2-17-8-9-21-13(10-17)11-18-7-6-12-4-3-5-14(15(12)18)16(19)20/h3-7,13H,2,8-11H2,1H3,(H,19,20). The third kappa shape index (κ3) is 2.80. The van der Waals surface area contributed by atoms with Crippen LogP contribution in [0.5, 0.6) is 0 Å². The van der Waals surface area contributed by atoms with Crippen LogP contribution in [0.1, 0.15) is 17.3 Å². The van der Waals surface area contributed by atoms with Crippen molar-refractivity contribution in [3.05, 3.63) is 36.0 Å². The van der Waals surface area contributed by atoms with Crippen molar-refractivity contribution in [1.82, 2.24) is 9.47 Å². The number of carbonyl (C=O) groups is 1. The molecule has 1 aliphatic heterocycles. The maximum absolute atomic E-state index is 11.4. The molecule has 0 aliphatic carbocycles. The molecule has 0 radical (unpaired) electrons. The molecule has 1 N–H and O–H groups in total. The monoisotopic (exact) mass is 288 g/mol. The number of ether oxygens (including phenoxy) is 1. The van der Waals surface area contributed by atoms with Crippen molar-refractivity contribution in [3.8, 4) is 0 Å². The van der Waals surface area contributed by atoms with Crippen LogP contribution in [0.15, 0.2) is 30.5 Å². The average molecular weight is 288 g/mol. The van der Waals surface area contributed by atoms with Gasteiger partial charge in [-0.05, 0) is 18.7 Å². The number of para-hydroxylation sites is 1. The molecule has 1 fully saturated rings. The zero-order chi connectivity index (χ0) is 14.8. The molecule has 5 nitrogen and oxygen atoms in total. The number of carboxylic acid groups (broad SMARTS) is 1. The summed E-state index contributed by atoms with van der Waals surface area (Å²) in [5.74, 6) is -0.889. The van der Waals surface area contributed by atoms with Crippen LogP contribution in [-0.2, 0) is 11.3 Å². The van der Waals surface area contributed by atoms with E-state index in [9.17, 15) is 9.90 Å². The van der Waals surface area contributed by atoms with Gasteiger partial charge in [-0.1, -0.05) is 19.1 Å². The van der Waals surface area contributed by atoms with Gasteiger partial charge in [0.05, 0.1) is 30.3 Å². The fourth-order valence-electron chi connectivity index (χ4n) is 2.98. The fourth-order valence-corrected chi connectivity index (χ4v) is 2.98. The summed E-state index contributed by atoms with van der Waals surface area (Å²) >= 11 is 0. The second-order valence-corrected chi connectivity index (χ2v) is 5.40. The van der Waals surface area contributed by atoms with E-state index in [0.29, 0.717) is 12.1 Å². The number of carboxylic acids is 1. The van der Waals surface area contributed by atoms with Gasteiger partial charge in [0, 0.05) is 24.7 Å². The highest BCUT2D eigenvalue weighted by atomic mass is 16.5. The minimum absolute atomic E-state index is 0.108. The number of nitrogens with zero attached hydrogens (tertiary/aromatic N) is 2. The van der Waals surface area contributed by atoms with Crippen LogP contribution >= 0.6 is 0 Å². The fraction of sp³-hybridized carbons (Fsp3) is 0.438. The number of aromatic carboxylic acids is 1. The summed E-state index contributed by atoms with van der Waals surface area (Å²) < 4.78 is 7.83. The summed E-state index contributed by atoms with van der Waals surface area (Å²) in [5.41, 5.74) is 1.13. The predicted octanol–water partition coefficient (Wildman–Crippen LogP) is 2.06. The Morgan fingerprint density at radius 1 is 1.43 bits per heavy atom. The summed E-state index contributed by atoms with van der Waals surface area (Å²) in [6.07, 6.45) is 2.06. The number of hydrogen-bond donors (Lipinski definition) is 1. The van der Waals surface area contributed by atoms with Gasteiger partial charge < -0.3 is 14.4 Å². The molecule has 21 heavy (non-hydrogen) atoms. The summed E-state index contributed by atoms with van der Waals surface area (Å²) in [5, 5.41) is 10.3. The van der Waals surface area contributed by atoms with E-state index < -0.39 is 5.97 Å². The second kappa shape index (κ2) is 5.87. The molecule has 0 bridgehead atoms. The molecule has 2 heterocycles. The number of morpholine rings is 1. The number of hydrogen-bond acceptors (Lipinski definition) is 3. The van der Waals surface area contributed by atoms with E-state index in [-0.39, 0.29) is 6.10 Å². The first-order valence-corrected chi connectivity index (χ1v) is 7.34. The van der Waals surface area contributed by atoms with Gasteiger partial charge in [0.2, 0.25) is 0 Å². The third-order valence-corrected chi connectivity index (χ3v) is 4.09. The quantitative estimate of drug-likeness (QED) is 0.935. The van der Waals surface area contributed by atoms with Gasteiger partial charge in [-0.15, -0.1) is 0 Å². The molecule has 1 unspecified atom stereocenters. The second-order valence-electron chi connectivity index (χ2n) is 5.40. The molecule has 5 heteroatoms. The zero-order valence-corrected chi connectivity index (χ0v) is 12.2. The Bertz CT molecular complexity index is 650. The van der Waals surface area contributed by atoms with Gasteiger partial charge in [-0.25, -0.2) is 4.79 Å². The van der Waals surface area contributed by atoms with Gasteiger partial charge in [-0.3, -0.25) is 4.90 Å². The van der Waals surface area contributed by atoms with Crippen LogP contribution < -0.4 is 0 Å². The van der Waals surface area contributed by atoms with E-state index >= 15 is 0 Å². The van der Waals surface area contributed by atoms with E-state index in [1.165, 1.54) is 0 Å². The molecular weight excluding hydrogens is 268 g/mol. The number of aromatic nitrogens is 1. The molecule has 112 valence electrons. The number of fused-ring (bicyclic) bond motifs is 1. The molecular formula is C16H20N2O3. The van der Waals surface area contributed by atoms with Crippen molar-refractivity contribution in [2.24, 2.45) is 0 Å². The average Bonchev–Trinajstić information content (AvgIpc) is 2.90. The first kappa shape index (κ1) is 14.1. The Balaban J connectivity index is 1.89. The van der Waals surface area contributed by atoms with Crippen molar-refractivity contribution in [3.63, 3.8) is 0 Å². The molecule has 0 saturated carbocycles. The smallest absolute Gasteiger partial charge is 0.337 e. The molecule has 1 aromatic heterocycles. The Morgan fingerprint density at radius 3 is 3.05 bits per heavy atom. The van der Waals surface area contributed by atoms with Crippen molar-refractivity contribution >= 4 is 16.9 Å². The largest absolute Gasteiger partial charge is 0.478 e. The number of benzene rings is 1. The topological polar surface area (TPSA) is 54.7 Å². The predicted molar refractivity (Wildman–Crippen MR) is 80.8 cm³/mol. The lowest BCUT2D eigenvalue weighted by atomic mass is 10.1. The Hall–Kier alpha value is -1.85. The molecule has 1 aliphatic rings. The van der Waals surface area contributed by atoms with Crippen LogP contribution in [0.3, 0.4) is 0 Å². The molecule has 2 aromatic rings. The summed E-state index contributed by atoms with van der Waals surface area (Å²) in [6, 6.07) is 7.34.